The van der Waals surface area contributed by atoms with Crippen LogP contribution in [0.5, 0.6) is 0 Å². The smallest absolute Gasteiger partial charge is 0.418 e. The van der Waals surface area contributed by atoms with Crippen LogP contribution >= 0.6 is 0 Å². The second-order valence-corrected chi connectivity index (χ2v) is 6.25. The van der Waals surface area contributed by atoms with Crippen molar-refractivity contribution in [2.45, 2.75) is 39.2 Å². The van der Waals surface area contributed by atoms with Gasteiger partial charge in [0.05, 0.1) is 5.52 Å². The van der Waals surface area contributed by atoms with Gasteiger partial charge in [0.25, 0.3) is 0 Å². The average Bonchev–Trinajstić information content (AvgIpc) is 2.85. The molecule has 4 heteroatoms. The molecule has 0 spiro atoms. The number of rotatable bonds is 4. The Kier molecular flexibility index (Phi) is 5.03. The Labute approximate surface area is 131 Å². The number of aromatic nitrogens is 1. The fraction of sp³-hybridized carbons (Fsp3) is 0.389. The summed E-state index contributed by atoms with van der Waals surface area (Å²) in [6, 6.07) is 7.93. The molecule has 0 aliphatic carbocycles. The summed E-state index contributed by atoms with van der Waals surface area (Å²) in [6.45, 7) is 5.74. The van der Waals surface area contributed by atoms with Gasteiger partial charge >= 0.3 is 6.09 Å². The summed E-state index contributed by atoms with van der Waals surface area (Å²) in [5.41, 5.74) is 1.51. The molecule has 1 aromatic heterocycles. The number of nitrogens with zero attached hydrogens (tertiary/aromatic N) is 1. The molecular formula is C18H23NO3. The number of aliphatic hydroxyl groups is 1. The third-order valence-electron chi connectivity index (χ3n) is 3.16. The van der Waals surface area contributed by atoms with Gasteiger partial charge in [0, 0.05) is 18.2 Å². The van der Waals surface area contributed by atoms with Gasteiger partial charge in [0.1, 0.15) is 5.60 Å². The Bertz CT molecular complexity index is 677. The number of fused-ring (bicyclic) bond motifs is 1. The zero-order chi connectivity index (χ0) is 16.2. The normalized spacial score (nSPS) is 12.2. The summed E-state index contributed by atoms with van der Waals surface area (Å²) in [6.07, 6.45) is 6.88. The van der Waals surface area contributed by atoms with Gasteiger partial charge in [-0.25, -0.2) is 4.79 Å². The first kappa shape index (κ1) is 16.3. The van der Waals surface area contributed by atoms with Crippen LogP contribution in [0.2, 0.25) is 0 Å². The fourth-order valence-electron chi connectivity index (χ4n) is 2.20. The average molecular weight is 301 g/mol. The lowest BCUT2D eigenvalue weighted by atomic mass is 10.1. The van der Waals surface area contributed by atoms with E-state index in [1.165, 1.54) is 10.1 Å². The van der Waals surface area contributed by atoms with Gasteiger partial charge in [-0.05, 0) is 57.4 Å². The minimum absolute atomic E-state index is 0.175. The Hall–Kier alpha value is -2.07. The van der Waals surface area contributed by atoms with E-state index in [0.717, 1.165) is 17.3 Å². The van der Waals surface area contributed by atoms with Crippen LogP contribution in [0, 0.1) is 0 Å². The molecule has 0 unspecified atom stereocenters. The molecule has 0 saturated carbocycles. The lowest BCUT2D eigenvalue weighted by Crippen LogP contribution is -2.26. The first-order chi connectivity index (χ1) is 10.4. The zero-order valence-electron chi connectivity index (χ0n) is 13.4. The van der Waals surface area contributed by atoms with Crippen LogP contribution in [0.3, 0.4) is 0 Å². The molecule has 0 radical (unpaired) electrons. The first-order valence-corrected chi connectivity index (χ1v) is 7.50. The lowest BCUT2D eigenvalue weighted by molar-refractivity contribution is 0.0544. The van der Waals surface area contributed by atoms with Gasteiger partial charge in [-0.2, -0.15) is 0 Å². The predicted molar refractivity (Wildman–Crippen MR) is 88.1 cm³/mol. The van der Waals surface area contributed by atoms with E-state index in [0.29, 0.717) is 6.42 Å². The van der Waals surface area contributed by atoms with Gasteiger partial charge in [-0.15, -0.1) is 0 Å². The molecule has 4 nitrogen and oxygen atoms in total. The highest BCUT2D eigenvalue weighted by atomic mass is 16.6. The first-order valence-electron chi connectivity index (χ1n) is 7.50. The largest absolute Gasteiger partial charge is 0.443 e. The SMILES string of the molecule is CC(C)(C)OC(=O)n1ccc2cc(C/C=C/CCO)ccc21. The Morgan fingerprint density at radius 3 is 2.73 bits per heavy atom. The molecule has 0 aliphatic heterocycles. The molecule has 0 saturated heterocycles. The summed E-state index contributed by atoms with van der Waals surface area (Å²) in [5.74, 6) is 0. The molecule has 0 atom stereocenters. The second kappa shape index (κ2) is 6.79. The standard InChI is InChI=1S/C18H23NO3/c1-18(2,3)22-17(21)19-11-10-15-13-14(8-9-16(15)19)7-5-4-6-12-20/h4-5,8-11,13,20H,6-7,12H2,1-3H3/b5-4+. The molecular weight excluding hydrogens is 278 g/mol. The number of aliphatic hydroxyl groups excluding tert-OH is 1. The molecule has 1 heterocycles. The Morgan fingerprint density at radius 2 is 2.05 bits per heavy atom. The molecule has 1 aromatic carbocycles. The summed E-state index contributed by atoms with van der Waals surface area (Å²) in [7, 11) is 0. The maximum atomic E-state index is 12.2. The quantitative estimate of drug-likeness (QED) is 0.871. The molecule has 22 heavy (non-hydrogen) atoms. The predicted octanol–water partition coefficient (Wildman–Crippen LogP) is 3.91. The molecule has 0 amide bonds. The highest BCUT2D eigenvalue weighted by Crippen LogP contribution is 2.20. The van der Waals surface area contributed by atoms with Gasteiger partial charge in [-0.3, -0.25) is 4.57 Å². The molecule has 0 bridgehead atoms. The third kappa shape index (κ3) is 4.21. The highest BCUT2D eigenvalue weighted by molar-refractivity contribution is 5.89. The third-order valence-corrected chi connectivity index (χ3v) is 3.16. The summed E-state index contributed by atoms with van der Waals surface area (Å²) < 4.78 is 6.94. The summed E-state index contributed by atoms with van der Waals surface area (Å²) in [4.78, 5) is 12.2. The van der Waals surface area contributed by atoms with Crippen molar-refractivity contribution in [2.24, 2.45) is 0 Å². The van der Waals surface area contributed by atoms with Crippen LogP contribution in [0.1, 0.15) is 32.8 Å². The number of carbonyl (C=O) groups excluding carboxylic acids is 1. The lowest BCUT2D eigenvalue weighted by Gasteiger charge is -2.19. The van der Waals surface area contributed by atoms with Crippen molar-refractivity contribution >= 4 is 17.0 Å². The number of hydrogen-bond donors (Lipinski definition) is 1. The number of hydrogen-bond acceptors (Lipinski definition) is 3. The van der Waals surface area contributed by atoms with E-state index in [2.05, 4.69) is 6.07 Å². The van der Waals surface area contributed by atoms with E-state index in [-0.39, 0.29) is 12.7 Å². The zero-order valence-corrected chi connectivity index (χ0v) is 13.4. The van der Waals surface area contributed by atoms with Crippen molar-refractivity contribution in [3.63, 3.8) is 0 Å². The molecule has 0 aliphatic rings. The van der Waals surface area contributed by atoms with Crippen LogP contribution in [-0.2, 0) is 11.2 Å². The maximum absolute atomic E-state index is 12.2. The number of carbonyl (C=O) groups is 1. The van der Waals surface area contributed by atoms with Crippen molar-refractivity contribution in [2.75, 3.05) is 6.61 Å². The van der Waals surface area contributed by atoms with Gasteiger partial charge in [-0.1, -0.05) is 18.2 Å². The summed E-state index contributed by atoms with van der Waals surface area (Å²) in [5, 5.41) is 9.76. The minimum Gasteiger partial charge on any atom is -0.443 e. The van der Waals surface area contributed by atoms with E-state index in [4.69, 9.17) is 9.84 Å². The van der Waals surface area contributed by atoms with Crippen molar-refractivity contribution in [3.8, 4) is 0 Å². The van der Waals surface area contributed by atoms with Crippen LogP contribution < -0.4 is 0 Å². The van der Waals surface area contributed by atoms with E-state index in [1.54, 1.807) is 6.20 Å². The summed E-state index contributed by atoms with van der Waals surface area (Å²) >= 11 is 0. The van der Waals surface area contributed by atoms with Crippen LogP contribution in [-0.4, -0.2) is 28.0 Å². The van der Waals surface area contributed by atoms with E-state index < -0.39 is 5.60 Å². The van der Waals surface area contributed by atoms with Gasteiger partial charge in [0.15, 0.2) is 0 Å². The number of ether oxygens (including phenoxy) is 1. The highest BCUT2D eigenvalue weighted by Gasteiger charge is 2.18. The van der Waals surface area contributed by atoms with E-state index >= 15 is 0 Å². The van der Waals surface area contributed by atoms with E-state index in [1.807, 2.05) is 51.1 Å². The minimum atomic E-state index is -0.509. The van der Waals surface area contributed by atoms with Crippen LogP contribution in [0.25, 0.3) is 10.9 Å². The van der Waals surface area contributed by atoms with Crippen LogP contribution in [0.15, 0.2) is 42.6 Å². The Balaban J connectivity index is 2.18. The van der Waals surface area contributed by atoms with Crippen molar-refractivity contribution < 1.29 is 14.6 Å². The van der Waals surface area contributed by atoms with Crippen molar-refractivity contribution in [3.05, 3.63) is 48.2 Å². The van der Waals surface area contributed by atoms with E-state index in [9.17, 15) is 4.79 Å². The second-order valence-electron chi connectivity index (χ2n) is 6.25. The monoisotopic (exact) mass is 301 g/mol. The molecule has 0 fully saturated rings. The maximum Gasteiger partial charge on any atom is 0.418 e. The molecule has 2 aromatic rings. The molecule has 1 N–H and O–H groups in total. The van der Waals surface area contributed by atoms with Crippen LogP contribution in [0.4, 0.5) is 4.79 Å². The number of benzene rings is 1. The van der Waals surface area contributed by atoms with Crippen molar-refractivity contribution in [1.82, 2.24) is 4.57 Å². The Morgan fingerprint density at radius 1 is 1.27 bits per heavy atom. The van der Waals surface area contributed by atoms with Crippen molar-refractivity contribution in [1.29, 1.82) is 0 Å². The molecule has 2 rings (SSSR count). The number of allylic oxidation sites excluding steroid dienone is 1. The molecule has 118 valence electrons. The van der Waals surface area contributed by atoms with Gasteiger partial charge in [0.2, 0.25) is 0 Å². The van der Waals surface area contributed by atoms with Gasteiger partial charge < -0.3 is 9.84 Å². The fourth-order valence-corrected chi connectivity index (χ4v) is 2.20. The topological polar surface area (TPSA) is 51.5 Å².